The molecule has 0 unspecified atom stereocenters. The van der Waals surface area contributed by atoms with Crippen LogP contribution in [-0.4, -0.2) is 25.7 Å². The molecule has 16 heavy (non-hydrogen) atoms. The summed E-state index contributed by atoms with van der Waals surface area (Å²) in [5.41, 5.74) is 1.04. The third kappa shape index (κ3) is 3.65. The Morgan fingerprint density at radius 1 is 1.31 bits per heavy atom. The molecule has 2 nitrogen and oxygen atoms in total. The van der Waals surface area contributed by atoms with Crippen molar-refractivity contribution in [2.24, 2.45) is 0 Å². The van der Waals surface area contributed by atoms with Gasteiger partial charge in [0.25, 0.3) is 0 Å². The summed E-state index contributed by atoms with van der Waals surface area (Å²) in [5, 5.41) is 0. The van der Waals surface area contributed by atoms with Gasteiger partial charge in [0.2, 0.25) is 0 Å². The van der Waals surface area contributed by atoms with E-state index < -0.39 is 21.1 Å². The monoisotopic (exact) mass is 327 g/mol. The fourth-order valence-corrected chi connectivity index (χ4v) is 5.51. The van der Waals surface area contributed by atoms with Crippen molar-refractivity contribution in [1.82, 2.24) is 4.57 Å². The molecule has 0 bridgehead atoms. The molecule has 0 spiro atoms. The summed E-state index contributed by atoms with van der Waals surface area (Å²) in [7, 11) is 0. The number of pyridine rings is 1. The van der Waals surface area contributed by atoms with Gasteiger partial charge in [-0.3, -0.25) is 0 Å². The summed E-state index contributed by atoms with van der Waals surface area (Å²) in [4.78, 5) is 11.9. The molecule has 1 rings (SSSR count). The second-order valence-corrected chi connectivity index (χ2v) is 12.2. The van der Waals surface area contributed by atoms with E-state index in [9.17, 15) is 4.79 Å². The van der Waals surface area contributed by atoms with Crippen molar-refractivity contribution in [3.63, 3.8) is 0 Å². The van der Waals surface area contributed by atoms with Crippen molar-refractivity contribution < 1.29 is 0 Å². The average Bonchev–Trinajstić information content (AvgIpc) is 2.07. The third-order valence-electron chi connectivity index (χ3n) is 2.30. The van der Waals surface area contributed by atoms with Crippen LogP contribution in [0.25, 0.3) is 0 Å². The van der Waals surface area contributed by atoms with Gasteiger partial charge in [-0.2, -0.15) is 0 Å². The molecule has 1 aromatic rings. The zero-order valence-electron chi connectivity index (χ0n) is 11.1. The van der Waals surface area contributed by atoms with Crippen LogP contribution >= 0.6 is 0 Å². The standard InChI is InChI=1S/C9H12NO.C4H9.Sn/c1-7(2)10-6-4-5-8(3)9(10)11;1-4(2)3;/h5-7H,1-3H3;1-3H3;. The van der Waals surface area contributed by atoms with Crippen LogP contribution in [0.1, 0.15) is 46.2 Å². The molecule has 3 heteroatoms. The molecule has 0 aliphatic heterocycles. The van der Waals surface area contributed by atoms with E-state index in [1.165, 1.54) is 3.58 Å². The molecular weight excluding hydrogens is 305 g/mol. The van der Waals surface area contributed by atoms with Gasteiger partial charge in [-0.1, -0.05) is 0 Å². The molecule has 88 valence electrons. The Balaban J connectivity index is 3.20. The zero-order chi connectivity index (χ0) is 12.5. The Morgan fingerprint density at radius 2 is 1.88 bits per heavy atom. The summed E-state index contributed by atoms with van der Waals surface area (Å²) in [6.07, 6.45) is 2.08. The van der Waals surface area contributed by atoms with Gasteiger partial charge in [-0.25, -0.2) is 0 Å². The zero-order valence-corrected chi connectivity index (χ0v) is 13.9. The van der Waals surface area contributed by atoms with E-state index in [4.69, 9.17) is 0 Å². The molecule has 0 amide bonds. The number of nitrogens with zero attached hydrogens (tertiary/aromatic N) is 1. The van der Waals surface area contributed by atoms with Gasteiger partial charge in [0, 0.05) is 0 Å². The Bertz CT molecular complexity index is 427. The van der Waals surface area contributed by atoms with Gasteiger partial charge in [-0.05, 0) is 0 Å². The van der Waals surface area contributed by atoms with Crippen LogP contribution in [0.4, 0.5) is 0 Å². The van der Waals surface area contributed by atoms with E-state index in [1.807, 2.05) is 11.5 Å². The normalized spacial score (nSPS) is 12.2. The minimum atomic E-state index is -0.620. The molecule has 0 aliphatic rings. The second kappa shape index (κ2) is 4.94. The molecule has 0 N–H and O–H groups in total. The van der Waals surface area contributed by atoms with Gasteiger partial charge < -0.3 is 0 Å². The number of hydrogen-bond donors (Lipinski definition) is 0. The molecule has 0 fully saturated rings. The molecule has 2 radical (unpaired) electrons. The first kappa shape index (κ1) is 13.8. The van der Waals surface area contributed by atoms with Gasteiger partial charge in [-0.15, -0.1) is 0 Å². The van der Waals surface area contributed by atoms with E-state index in [1.54, 1.807) is 0 Å². The number of aromatic nitrogens is 1. The quantitative estimate of drug-likeness (QED) is 0.765. The van der Waals surface area contributed by atoms with Crippen LogP contribution in [0.15, 0.2) is 17.1 Å². The van der Waals surface area contributed by atoms with Crippen molar-refractivity contribution in [3.8, 4) is 0 Å². The molecule has 0 saturated carbocycles. The first-order chi connectivity index (χ1) is 7.20. The van der Waals surface area contributed by atoms with Crippen LogP contribution in [0.5, 0.6) is 0 Å². The summed E-state index contributed by atoms with van der Waals surface area (Å²) in [5.74, 6) is 0. The first-order valence-electron chi connectivity index (χ1n) is 5.71. The van der Waals surface area contributed by atoms with Crippen LogP contribution in [-0.2, 0) is 0 Å². The Hall–Kier alpha value is -0.251. The van der Waals surface area contributed by atoms with Crippen molar-refractivity contribution in [1.29, 1.82) is 0 Å². The van der Waals surface area contributed by atoms with Gasteiger partial charge in [0.15, 0.2) is 0 Å². The molecule has 0 aromatic carbocycles. The predicted octanol–water partition coefficient (Wildman–Crippen LogP) is 2.29. The van der Waals surface area contributed by atoms with E-state index in [0.29, 0.717) is 3.43 Å². The summed E-state index contributed by atoms with van der Waals surface area (Å²) >= 11 is -0.620. The van der Waals surface area contributed by atoms with Crippen molar-refractivity contribution in [2.45, 2.75) is 51.0 Å². The number of hydrogen-bond acceptors (Lipinski definition) is 1. The Labute approximate surface area is 108 Å². The van der Waals surface area contributed by atoms with E-state index in [0.717, 1.165) is 5.56 Å². The Kier molecular flexibility index (Phi) is 4.27. The second-order valence-electron chi connectivity index (χ2n) is 5.59. The number of aryl methyl sites for hydroxylation is 1. The van der Waals surface area contributed by atoms with E-state index in [-0.39, 0.29) is 11.6 Å². The molecule has 0 saturated heterocycles. The molecular formula is C13H21NOSn. The number of rotatable bonds is 2. The average molecular weight is 326 g/mol. The summed E-state index contributed by atoms with van der Waals surface area (Å²) < 4.78 is 3.72. The van der Waals surface area contributed by atoms with Gasteiger partial charge in [0.1, 0.15) is 0 Å². The van der Waals surface area contributed by atoms with Crippen molar-refractivity contribution in [3.05, 3.63) is 28.2 Å². The predicted molar refractivity (Wildman–Crippen MR) is 70.9 cm³/mol. The van der Waals surface area contributed by atoms with Crippen LogP contribution in [0, 0.1) is 6.92 Å². The van der Waals surface area contributed by atoms with E-state index >= 15 is 0 Å². The van der Waals surface area contributed by atoms with Crippen LogP contribution in [0.3, 0.4) is 0 Å². The minimum absolute atomic E-state index is 0.159. The van der Waals surface area contributed by atoms with Crippen LogP contribution < -0.4 is 9.14 Å². The molecule has 0 aliphatic carbocycles. The fourth-order valence-electron chi connectivity index (χ4n) is 1.63. The summed E-state index contributed by atoms with van der Waals surface area (Å²) in [6.45, 7) is 12.9. The van der Waals surface area contributed by atoms with Crippen molar-refractivity contribution in [2.75, 3.05) is 0 Å². The maximum atomic E-state index is 11.9. The fraction of sp³-hybridized carbons (Fsp3) is 0.615. The SMILES string of the molecule is Cc1c[c]([Sn][C](C)(C)C)cn(C(C)C)c1=O. The third-order valence-corrected chi connectivity index (χ3v) is 6.04. The van der Waals surface area contributed by atoms with Gasteiger partial charge >= 0.3 is 108 Å². The Morgan fingerprint density at radius 3 is 2.31 bits per heavy atom. The molecule has 0 atom stereocenters. The topological polar surface area (TPSA) is 22.0 Å². The van der Waals surface area contributed by atoms with Crippen LogP contribution in [0.2, 0.25) is 3.43 Å². The maximum absolute atomic E-state index is 11.9. The summed E-state index contributed by atoms with van der Waals surface area (Å²) in [6, 6.07) is 2.35. The van der Waals surface area contributed by atoms with E-state index in [2.05, 4.69) is 46.9 Å². The van der Waals surface area contributed by atoms with Gasteiger partial charge in [0.05, 0.1) is 0 Å². The molecule has 1 aromatic heterocycles. The van der Waals surface area contributed by atoms with Crippen molar-refractivity contribution >= 4 is 24.7 Å². The first-order valence-corrected chi connectivity index (χ1v) is 8.57. The molecule has 1 heterocycles.